The van der Waals surface area contributed by atoms with Crippen LogP contribution >= 0.6 is 0 Å². The molecule has 4 atom stereocenters. The number of nitrogens with two attached hydrogens (primary N) is 1. The summed E-state index contributed by atoms with van der Waals surface area (Å²) in [5.74, 6) is 0.914. The van der Waals surface area contributed by atoms with Crippen LogP contribution in [0.2, 0.25) is 0 Å². The SMILES string of the molecule is [CH2-]CCCCC(=O)OC(C)(C)Cn1c(COCC)nc2c(N)nc3ccccc3c21.[CH2-]CCCCCCCC(=O)OC(CC)CCCCC.[CH2-]CCCCCCCC(=O)OC(CC)CCCCC.[CH2-]CCCCCCCC(O)OC(CC)CCCCC.[CH2-]C[CH2-].[Li+].[Li+]. The first-order chi connectivity index (χ1) is 43.5. The first-order valence-electron chi connectivity index (χ1n) is 36.3. The van der Waals surface area contributed by atoms with Gasteiger partial charge in [-0.3, -0.25) is 14.4 Å². The molecule has 0 spiro atoms. The molecule has 0 aliphatic rings. The van der Waals surface area contributed by atoms with Gasteiger partial charge in [-0.15, -0.1) is 0 Å². The fourth-order valence-electron chi connectivity index (χ4n) is 10.3. The minimum atomic E-state index is -0.727. The van der Waals surface area contributed by atoms with Crippen molar-refractivity contribution in [1.82, 2.24) is 14.5 Å². The average molecular weight is 1280 g/mol. The third-order valence-electron chi connectivity index (χ3n) is 15.6. The largest absolute Gasteiger partial charge is 1.00 e. The Labute approximate surface area is 590 Å². The van der Waals surface area contributed by atoms with Crippen LogP contribution in [0.4, 0.5) is 5.82 Å². The van der Waals surface area contributed by atoms with E-state index in [1.54, 1.807) is 0 Å². The van der Waals surface area contributed by atoms with Crippen LogP contribution in [-0.4, -0.2) is 74.4 Å². The second-order valence-electron chi connectivity index (χ2n) is 24.7. The van der Waals surface area contributed by atoms with E-state index in [-0.39, 0.29) is 73.9 Å². The van der Waals surface area contributed by atoms with E-state index < -0.39 is 11.9 Å². The summed E-state index contributed by atoms with van der Waals surface area (Å²) in [6.45, 7) is 42.1. The minimum Gasteiger partial charge on any atom is -0.462 e. The predicted octanol–water partition coefficient (Wildman–Crippen LogP) is 15.6. The van der Waals surface area contributed by atoms with E-state index in [0.29, 0.717) is 50.4 Å². The molecule has 0 bridgehead atoms. The van der Waals surface area contributed by atoms with Crippen LogP contribution in [0, 0.1) is 41.5 Å². The topological polar surface area (TPSA) is 174 Å². The number of hydrogen-bond acceptors (Lipinski definition) is 12. The van der Waals surface area contributed by atoms with Gasteiger partial charge in [0.1, 0.15) is 35.8 Å². The number of nitrogens with zero attached hydrogens (tertiary/aromatic N) is 3. The van der Waals surface area contributed by atoms with Crippen LogP contribution in [0.1, 0.15) is 331 Å². The zero-order valence-corrected chi connectivity index (χ0v) is 61.6. The van der Waals surface area contributed by atoms with Gasteiger partial charge in [-0.1, -0.05) is 188 Å². The summed E-state index contributed by atoms with van der Waals surface area (Å²) in [6, 6.07) is 7.83. The Morgan fingerprint density at radius 3 is 1.37 bits per heavy atom. The summed E-state index contributed by atoms with van der Waals surface area (Å²) in [5.41, 5.74) is 7.82. The molecule has 3 N–H and O–H groups in total. The molecule has 0 aliphatic heterocycles. The monoisotopic (exact) mass is 1280 g/mol. The number of benzene rings is 1. The molecule has 3 aromatic rings. The molecule has 4 unspecified atom stereocenters. The molecular weight excluding hydrogens is 1140 g/mol. The molecular formula is C77H138Li2N4O9-4. The molecule has 3 rings (SSSR count). The van der Waals surface area contributed by atoms with Gasteiger partial charge >= 0.3 is 55.6 Å². The van der Waals surface area contributed by atoms with Gasteiger partial charge in [0.25, 0.3) is 0 Å². The molecule has 526 valence electrons. The average Bonchev–Trinajstić information content (AvgIpc) is 1.58. The van der Waals surface area contributed by atoms with Crippen molar-refractivity contribution in [3.8, 4) is 0 Å². The van der Waals surface area contributed by atoms with Crippen molar-refractivity contribution in [3.05, 3.63) is 71.6 Å². The molecule has 0 saturated heterocycles. The summed E-state index contributed by atoms with van der Waals surface area (Å²) in [6.07, 6.45) is 43.3. The van der Waals surface area contributed by atoms with E-state index in [4.69, 9.17) is 34.4 Å². The molecule has 0 amide bonds. The maximum absolute atomic E-state index is 12.3. The number of ether oxygens (including phenoxy) is 5. The van der Waals surface area contributed by atoms with E-state index in [9.17, 15) is 19.5 Å². The summed E-state index contributed by atoms with van der Waals surface area (Å²) >= 11 is 0. The van der Waals surface area contributed by atoms with Gasteiger partial charge < -0.3 is 87.1 Å². The molecule has 0 saturated carbocycles. The zero-order chi connectivity index (χ0) is 67.5. The Bertz CT molecular complexity index is 2080. The van der Waals surface area contributed by atoms with Crippen LogP contribution in [0.5, 0.6) is 0 Å². The van der Waals surface area contributed by atoms with Gasteiger partial charge in [-0.05, 0) is 110 Å². The van der Waals surface area contributed by atoms with Crippen molar-refractivity contribution in [3.63, 3.8) is 0 Å². The van der Waals surface area contributed by atoms with Crippen molar-refractivity contribution in [2.75, 3.05) is 12.3 Å². The minimum absolute atomic E-state index is 0. The number of esters is 3. The molecule has 1 aromatic carbocycles. The van der Waals surface area contributed by atoms with E-state index >= 15 is 0 Å². The number of aliphatic hydroxyl groups is 1. The van der Waals surface area contributed by atoms with Gasteiger partial charge in [0.2, 0.25) is 0 Å². The standard InChI is InChI=1S/C23H31N4O3.C17H35O2.2C17H33O2.C3H6.2Li/c1-5-7-8-13-19(28)30-23(3,4)15-27-18(14-29-6-2)26-20-21(27)16-11-9-10-12-17(16)25-22(20)24;3*1-4-7-9-10-11-13-15-17(18)19-16(6-3)14-12-8-5-2;1-3-2;;/h9-12H,1,5-8,13-15H2,2-4H3,(H2,24,25);16-18H,1,4-15H2,2-3H3;2*16H,1,4-15H2,2-3H3;1-3H2;;/q4*-1;-2;2*+1. The fourth-order valence-corrected chi connectivity index (χ4v) is 10.3. The second-order valence-corrected chi connectivity index (χ2v) is 24.7. The predicted molar refractivity (Wildman–Crippen MR) is 381 cm³/mol. The maximum Gasteiger partial charge on any atom is 1.00 e. The molecule has 15 heteroatoms. The summed E-state index contributed by atoms with van der Waals surface area (Å²) < 4.78 is 30.3. The number of aliphatic hydroxyl groups excluding tert-OH is 1. The van der Waals surface area contributed by atoms with Gasteiger partial charge in [0.05, 0.1) is 23.7 Å². The number of aromatic nitrogens is 3. The third kappa shape index (κ3) is 51.6. The Morgan fingerprint density at radius 1 is 0.533 bits per heavy atom. The Kier molecular flexibility index (Phi) is 69.7. The van der Waals surface area contributed by atoms with E-state index in [1.807, 2.05) is 45.0 Å². The number of carbonyl (C=O) groups excluding carboxylic acids is 3. The number of unbranched alkanes of at least 4 members (excludes halogenated alkanes) is 23. The number of anilines is 1. The van der Waals surface area contributed by atoms with Gasteiger partial charge in [0.15, 0.2) is 12.1 Å². The normalized spacial score (nSPS) is 12.2. The Balaban J connectivity index is -0.000000562. The van der Waals surface area contributed by atoms with E-state index in [2.05, 4.69) is 92.6 Å². The van der Waals surface area contributed by atoms with Gasteiger partial charge in [-0.2, -0.15) is 25.7 Å². The number of rotatable bonds is 50. The molecule has 0 aliphatic carbocycles. The number of imidazole rings is 1. The summed E-state index contributed by atoms with van der Waals surface area (Å²) in [7, 11) is 0. The maximum atomic E-state index is 12.3. The van der Waals surface area contributed by atoms with Crippen molar-refractivity contribution >= 4 is 45.7 Å². The van der Waals surface area contributed by atoms with Crippen LogP contribution in [0.15, 0.2) is 24.3 Å². The van der Waals surface area contributed by atoms with Crippen molar-refractivity contribution in [2.45, 2.75) is 369 Å². The quantitative estimate of drug-likeness (QED) is 0.0137. The molecule has 92 heavy (non-hydrogen) atoms. The molecule has 0 fully saturated rings. The van der Waals surface area contributed by atoms with Crippen molar-refractivity contribution in [2.24, 2.45) is 0 Å². The number of hydrogen-bond donors (Lipinski definition) is 2. The van der Waals surface area contributed by atoms with Crippen LogP contribution < -0.4 is 43.5 Å². The van der Waals surface area contributed by atoms with Crippen LogP contribution in [0.25, 0.3) is 21.9 Å². The van der Waals surface area contributed by atoms with Crippen molar-refractivity contribution < 1.29 is 80.9 Å². The molecule has 2 heterocycles. The molecule has 13 nitrogen and oxygen atoms in total. The number of para-hydroxylation sites is 1. The number of fused-ring (bicyclic) bond motifs is 3. The zero-order valence-electron chi connectivity index (χ0n) is 61.6. The fraction of sp³-hybridized carbons (Fsp3) is 0.753. The van der Waals surface area contributed by atoms with Gasteiger partial charge in [-0.25, -0.2) is 9.97 Å². The van der Waals surface area contributed by atoms with E-state index in [1.165, 1.54) is 122 Å². The Hall–Kier alpha value is -2.62. The summed E-state index contributed by atoms with van der Waals surface area (Å²) in [5, 5.41) is 10.8. The van der Waals surface area contributed by atoms with Crippen LogP contribution in [0.3, 0.4) is 0 Å². The Morgan fingerprint density at radius 2 is 0.924 bits per heavy atom. The number of nitrogen functional groups attached to an aromatic ring is 1. The number of pyridine rings is 1. The van der Waals surface area contributed by atoms with Crippen LogP contribution in [-0.2, 0) is 51.2 Å². The second kappa shape index (κ2) is 67.0. The first kappa shape index (κ1) is 95.8. The molecule has 0 radical (unpaired) electrons. The smallest absolute Gasteiger partial charge is 0.462 e. The van der Waals surface area contributed by atoms with Crippen molar-refractivity contribution in [1.29, 1.82) is 0 Å². The van der Waals surface area contributed by atoms with Gasteiger partial charge in [0, 0.05) is 31.3 Å². The molecule has 2 aromatic heterocycles. The third-order valence-corrected chi connectivity index (χ3v) is 15.6. The number of carbonyl (C=O) groups is 3. The van der Waals surface area contributed by atoms with E-state index in [0.717, 1.165) is 144 Å². The summed E-state index contributed by atoms with van der Waals surface area (Å²) in [4.78, 5) is 45.0. The first-order valence-corrected chi connectivity index (χ1v) is 36.3.